The number of carbonyl (C=O) groups is 2. The Morgan fingerprint density at radius 1 is 0.647 bits per heavy atom. The van der Waals surface area contributed by atoms with Crippen LogP contribution in [0.4, 0.5) is 28.4 Å². The molecular weight excluding hydrogens is 914 g/mol. The molecule has 3 heterocycles. The van der Waals surface area contributed by atoms with Gasteiger partial charge in [0.15, 0.2) is 18.9 Å². The van der Waals surface area contributed by atoms with Crippen molar-refractivity contribution in [3.05, 3.63) is 76.8 Å². The van der Waals surface area contributed by atoms with E-state index in [1.54, 1.807) is 12.1 Å². The molecule has 0 spiro atoms. The lowest BCUT2D eigenvalue weighted by atomic mass is 9.97. The van der Waals surface area contributed by atoms with Gasteiger partial charge in [-0.05, 0) is 48.5 Å². The first kappa shape index (κ1) is 51.6. The molecule has 0 radical (unpaired) electrons. The van der Waals surface area contributed by atoms with Gasteiger partial charge in [-0.15, -0.1) is 5.11 Å². The van der Waals surface area contributed by atoms with E-state index in [-0.39, 0.29) is 28.6 Å². The number of nitro groups is 1. The van der Waals surface area contributed by atoms with Gasteiger partial charge in [-0.25, -0.2) is 0 Å². The zero-order valence-electron chi connectivity index (χ0n) is 35.4. The SMILES string of the molecule is COc1cc(N=Nc2ccc([N+](=O)[O-])cc2)ccc1N=Nc1ccc(OC(C(=O)NC[C@H]2O[C@@H](O[C@H]3[C@H](O)[C@@H](O)C(O)O[C@@H]3CO)[C@H](O)[C@@H](O)[C@H]2O)C(=O)NC[C@H]2OC(O)[C@H](O)[C@@H](O)[C@H]2O)cc1. The molecule has 3 aromatic carbocycles. The summed E-state index contributed by atoms with van der Waals surface area (Å²) in [5.41, 5.74) is 1.15. The Balaban J connectivity index is 1.14. The Morgan fingerprint density at radius 3 is 1.72 bits per heavy atom. The number of nitrogens with zero attached hydrogens (tertiary/aromatic N) is 5. The predicted molar refractivity (Wildman–Crippen MR) is 222 cm³/mol. The van der Waals surface area contributed by atoms with E-state index in [0.717, 1.165) is 0 Å². The molecule has 3 fully saturated rings. The van der Waals surface area contributed by atoms with Crippen molar-refractivity contribution in [2.75, 3.05) is 26.8 Å². The van der Waals surface area contributed by atoms with Crippen LogP contribution in [0.5, 0.6) is 11.5 Å². The lowest BCUT2D eigenvalue weighted by Gasteiger charge is -2.45. The lowest BCUT2D eigenvalue weighted by molar-refractivity contribution is -0.384. The predicted octanol–water partition coefficient (Wildman–Crippen LogP) is -3.16. The van der Waals surface area contributed by atoms with Gasteiger partial charge >= 0.3 is 0 Å². The van der Waals surface area contributed by atoms with Crippen molar-refractivity contribution in [3.8, 4) is 11.5 Å². The highest BCUT2D eigenvalue weighted by Crippen LogP contribution is 2.34. The number of azo groups is 2. The Kier molecular flexibility index (Phi) is 17.4. The van der Waals surface area contributed by atoms with E-state index in [1.807, 2.05) is 0 Å². The number of amides is 2. The highest BCUT2D eigenvalue weighted by atomic mass is 16.7. The molecule has 3 saturated heterocycles. The van der Waals surface area contributed by atoms with E-state index >= 15 is 0 Å². The van der Waals surface area contributed by atoms with E-state index in [4.69, 9.17) is 28.4 Å². The zero-order chi connectivity index (χ0) is 49.4. The van der Waals surface area contributed by atoms with Crippen molar-refractivity contribution in [1.29, 1.82) is 0 Å². The average molecular weight is 964 g/mol. The normalized spacial score (nSPS) is 32.4. The van der Waals surface area contributed by atoms with Crippen LogP contribution in [0, 0.1) is 10.1 Å². The summed E-state index contributed by atoms with van der Waals surface area (Å²) in [6, 6.07) is 15.5. The molecule has 3 aliphatic rings. The molecule has 2 amide bonds. The molecule has 6 rings (SSSR count). The molecule has 16 atom stereocenters. The number of hydrogen-bond acceptors (Lipinski definition) is 25. The van der Waals surface area contributed by atoms with Crippen LogP contribution < -0.4 is 20.1 Å². The maximum atomic E-state index is 13.7. The smallest absolute Gasteiger partial charge is 0.271 e. The molecule has 370 valence electrons. The molecule has 68 heavy (non-hydrogen) atoms. The van der Waals surface area contributed by atoms with Crippen LogP contribution in [0.25, 0.3) is 0 Å². The molecule has 0 aromatic heterocycles. The number of aliphatic hydroxyl groups is 11. The number of rotatable bonds is 17. The van der Waals surface area contributed by atoms with Gasteiger partial charge in [0.2, 0.25) is 0 Å². The van der Waals surface area contributed by atoms with Gasteiger partial charge in [-0.1, -0.05) is 0 Å². The molecule has 0 aliphatic carbocycles. The van der Waals surface area contributed by atoms with Crippen molar-refractivity contribution < 1.29 is 99.1 Å². The van der Waals surface area contributed by atoms with Crippen molar-refractivity contribution in [1.82, 2.24) is 10.6 Å². The van der Waals surface area contributed by atoms with Gasteiger partial charge in [0.1, 0.15) is 90.4 Å². The first-order chi connectivity index (χ1) is 32.4. The van der Waals surface area contributed by atoms with E-state index in [9.17, 15) is 75.9 Å². The van der Waals surface area contributed by atoms with E-state index in [1.165, 1.54) is 61.7 Å². The topological polar surface area (TPSA) is 429 Å². The van der Waals surface area contributed by atoms with Crippen molar-refractivity contribution in [2.24, 2.45) is 20.5 Å². The zero-order valence-corrected chi connectivity index (χ0v) is 35.4. The summed E-state index contributed by atoms with van der Waals surface area (Å²) in [6.07, 6.45) is -29.4. The van der Waals surface area contributed by atoms with E-state index in [2.05, 4.69) is 31.1 Å². The summed E-state index contributed by atoms with van der Waals surface area (Å²) in [7, 11) is 1.39. The molecule has 28 nitrogen and oxygen atoms in total. The van der Waals surface area contributed by atoms with Crippen LogP contribution in [-0.2, 0) is 28.5 Å². The number of aliphatic hydroxyl groups excluding tert-OH is 11. The third-order valence-electron chi connectivity index (χ3n) is 10.8. The molecule has 3 unspecified atom stereocenters. The highest BCUT2D eigenvalue weighted by molar-refractivity contribution is 6.03. The second kappa shape index (κ2) is 23.0. The van der Waals surface area contributed by atoms with Gasteiger partial charge < -0.3 is 95.2 Å². The summed E-state index contributed by atoms with van der Waals surface area (Å²) >= 11 is 0. The van der Waals surface area contributed by atoms with E-state index < -0.39 is 135 Å². The minimum absolute atomic E-state index is 0.0950. The van der Waals surface area contributed by atoms with Gasteiger partial charge in [-0.3, -0.25) is 19.7 Å². The first-order valence-electron chi connectivity index (χ1n) is 20.5. The van der Waals surface area contributed by atoms with E-state index in [0.29, 0.717) is 11.4 Å². The monoisotopic (exact) mass is 963 g/mol. The fourth-order valence-electron chi connectivity index (χ4n) is 6.91. The van der Waals surface area contributed by atoms with Crippen molar-refractivity contribution in [3.63, 3.8) is 0 Å². The molecule has 28 heteroatoms. The fraction of sp³-hybridized carbons (Fsp3) is 0.500. The Bertz CT molecular complexity index is 2240. The molecule has 0 bridgehead atoms. The van der Waals surface area contributed by atoms with Gasteiger partial charge in [0.05, 0.1) is 35.7 Å². The number of non-ortho nitro benzene ring substituents is 1. The van der Waals surface area contributed by atoms with Gasteiger partial charge in [0.25, 0.3) is 23.6 Å². The van der Waals surface area contributed by atoms with Crippen molar-refractivity contribution in [2.45, 2.75) is 98.2 Å². The van der Waals surface area contributed by atoms with Crippen LogP contribution >= 0.6 is 0 Å². The Morgan fingerprint density at radius 2 is 1.15 bits per heavy atom. The number of nitro benzene ring substituents is 1. The molecular formula is C40H49N7O21. The fourth-order valence-corrected chi connectivity index (χ4v) is 6.91. The van der Waals surface area contributed by atoms with Crippen LogP contribution in [-0.4, -0.2) is 198 Å². The minimum Gasteiger partial charge on any atom is -0.494 e. The van der Waals surface area contributed by atoms with Crippen molar-refractivity contribution >= 4 is 40.3 Å². The summed E-state index contributed by atoms with van der Waals surface area (Å²) in [5, 5.41) is 144. The van der Waals surface area contributed by atoms with Gasteiger partial charge in [-0.2, -0.15) is 15.3 Å². The molecule has 13 N–H and O–H groups in total. The summed E-state index contributed by atoms with van der Waals surface area (Å²) in [5.74, 6) is -2.21. The minimum atomic E-state index is -2.10. The maximum Gasteiger partial charge on any atom is 0.271 e. The molecule has 0 saturated carbocycles. The van der Waals surface area contributed by atoms with Crippen LogP contribution in [0.15, 0.2) is 87.2 Å². The number of benzene rings is 3. The number of carbonyl (C=O) groups excluding carboxylic acids is 2. The number of nitrogens with one attached hydrogen (secondary N) is 2. The molecule has 3 aliphatic heterocycles. The number of methoxy groups -OCH3 is 1. The lowest BCUT2D eigenvalue weighted by Crippen LogP contribution is -2.65. The van der Waals surface area contributed by atoms with Crippen LogP contribution in [0.1, 0.15) is 0 Å². The van der Waals surface area contributed by atoms with Crippen LogP contribution in [0.2, 0.25) is 0 Å². The Labute approximate surface area is 383 Å². The number of ether oxygens (including phenoxy) is 6. The maximum absolute atomic E-state index is 13.7. The largest absolute Gasteiger partial charge is 0.494 e. The third kappa shape index (κ3) is 12.3. The summed E-state index contributed by atoms with van der Waals surface area (Å²) in [6.45, 7) is -2.19. The average Bonchev–Trinajstić information content (AvgIpc) is 3.34. The summed E-state index contributed by atoms with van der Waals surface area (Å²) < 4.78 is 32.4. The standard InChI is InChI=1S/C40H49N7O21/c1-63-22-12-18(45-43-16-2-7-19(8-3-16)47(61)62)6-11-21(22)46-44-17-4-9-20(10-5-17)64-35(36(57)41-13-23-26(49)28(51)31(54)38(59)65-23)37(58)42-14-24-27(50)29(52)33(56)40(67-24)68-34-25(15-48)66-39(60)32(55)30(34)53/h2-12,23-35,38-40,48-56,59-60H,13-15H2,1H3,(H,41,57)(H,42,58)/t23-,24-,25-,26+,27+,28+,29+,30-,31-,32-,33-,34-,35?,38?,39?,40+/m1/s1. The Hall–Kier alpha value is -5.80. The highest BCUT2D eigenvalue weighted by Gasteiger charge is 2.50. The van der Waals surface area contributed by atoms with Gasteiger partial charge in [0, 0.05) is 31.3 Å². The first-order valence-corrected chi connectivity index (χ1v) is 20.5. The quantitative estimate of drug-likeness (QED) is 0.0275. The second-order valence-corrected chi connectivity index (χ2v) is 15.4. The third-order valence-corrected chi connectivity index (χ3v) is 10.8. The summed E-state index contributed by atoms with van der Waals surface area (Å²) in [4.78, 5) is 37.7. The molecule has 3 aromatic rings. The van der Waals surface area contributed by atoms with Crippen LogP contribution in [0.3, 0.4) is 0 Å². The second-order valence-electron chi connectivity index (χ2n) is 15.4. The number of hydrogen-bond donors (Lipinski definition) is 13.